The zero-order valence-electron chi connectivity index (χ0n) is 12.9. The number of carbonyl (C=O) groups excluding carboxylic acids is 1. The van der Waals surface area contributed by atoms with Gasteiger partial charge in [0.1, 0.15) is 0 Å². The van der Waals surface area contributed by atoms with E-state index in [1.807, 2.05) is 45.0 Å². The number of para-hydroxylation sites is 1. The number of aryl methyl sites for hydroxylation is 2. The number of carbonyl (C=O) groups is 1. The average molecular weight is 286 g/mol. The number of aromatic nitrogens is 1. The molecule has 1 N–H and O–H groups in total. The third-order valence-corrected chi connectivity index (χ3v) is 3.89. The maximum Gasteiger partial charge on any atom is 0.251 e. The molecule has 0 spiro atoms. The second-order valence-electron chi connectivity index (χ2n) is 5.23. The number of pyridine rings is 1. The van der Waals surface area contributed by atoms with Crippen LogP contribution in [0.25, 0.3) is 10.9 Å². The molecule has 1 aromatic carbocycles. The van der Waals surface area contributed by atoms with E-state index in [-0.39, 0.29) is 11.5 Å². The van der Waals surface area contributed by atoms with Gasteiger partial charge in [0.15, 0.2) is 0 Å². The largest absolute Gasteiger partial charge is 0.343 e. The van der Waals surface area contributed by atoms with Crippen LogP contribution in [0.1, 0.15) is 31.4 Å². The minimum absolute atomic E-state index is 0.0934. The van der Waals surface area contributed by atoms with Gasteiger partial charge in [-0.1, -0.05) is 18.2 Å². The van der Waals surface area contributed by atoms with Crippen molar-refractivity contribution in [2.24, 2.45) is 0 Å². The van der Waals surface area contributed by atoms with Crippen LogP contribution in [-0.2, 0) is 11.2 Å². The molecular formula is C17H22N2O2. The van der Waals surface area contributed by atoms with Crippen LogP contribution >= 0.6 is 0 Å². The number of nitrogens with one attached hydrogen (secondary N) is 1. The van der Waals surface area contributed by atoms with Gasteiger partial charge < -0.3 is 9.88 Å². The van der Waals surface area contributed by atoms with E-state index in [4.69, 9.17) is 0 Å². The second kappa shape index (κ2) is 6.57. The van der Waals surface area contributed by atoms with Gasteiger partial charge in [-0.3, -0.25) is 9.59 Å². The van der Waals surface area contributed by atoms with Crippen molar-refractivity contribution in [2.45, 2.75) is 33.6 Å². The fourth-order valence-corrected chi connectivity index (χ4v) is 2.59. The van der Waals surface area contributed by atoms with Gasteiger partial charge in [0.05, 0.1) is 5.52 Å². The summed E-state index contributed by atoms with van der Waals surface area (Å²) in [5, 5.41) is 1.01. The Kier molecular flexibility index (Phi) is 4.78. The number of aromatic amines is 1. The lowest BCUT2D eigenvalue weighted by atomic mass is 10.1. The Labute approximate surface area is 124 Å². The van der Waals surface area contributed by atoms with Crippen molar-refractivity contribution >= 4 is 16.8 Å². The predicted octanol–water partition coefficient (Wildman–Crippen LogP) is 2.64. The Morgan fingerprint density at radius 3 is 2.62 bits per heavy atom. The van der Waals surface area contributed by atoms with E-state index in [0.29, 0.717) is 31.5 Å². The summed E-state index contributed by atoms with van der Waals surface area (Å²) in [6.45, 7) is 7.33. The molecule has 1 aromatic heterocycles. The van der Waals surface area contributed by atoms with E-state index >= 15 is 0 Å². The lowest BCUT2D eigenvalue weighted by molar-refractivity contribution is -0.130. The smallest absolute Gasteiger partial charge is 0.251 e. The number of nitrogens with zero attached hydrogens (tertiary/aromatic N) is 1. The predicted molar refractivity (Wildman–Crippen MR) is 85.6 cm³/mol. The number of benzene rings is 1. The molecule has 0 unspecified atom stereocenters. The van der Waals surface area contributed by atoms with Gasteiger partial charge >= 0.3 is 0 Å². The number of H-pyrrole nitrogens is 1. The number of hydrogen-bond acceptors (Lipinski definition) is 2. The van der Waals surface area contributed by atoms with Crippen LogP contribution in [0.3, 0.4) is 0 Å². The summed E-state index contributed by atoms with van der Waals surface area (Å²) in [5.41, 5.74) is 2.51. The van der Waals surface area contributed by atoms with Crippen molar-refractivity contribution < 1.29 is 4.79 Å². The molecule has 21 heavy (non-hydrogen) atoms. The standard InChI is InChI=1S/C17H22N2O2/c1-4-19(5-2)15(20)10-9-14-11-13-8-6-7-12(3)16(13)18-17(14)21/h6-8,11H,4-5,9-10H2,1-3H3,(H,18,21). The quantitative estimate of drug-likeness (QED) is 0.918. The van der Waals surface area contributed by atoms with Crippen LogP contribution in [0.2, 0.25) is 0 Å². The Morgan fingerprint density at radius 1 is 1.24 bits per heavy atom. The highest BCUT2D eigenvalue weighted by Crippen LogP contribution is 2.15. The Morgan fingerprint density at radius 2 is 1.95 bits per heavy atom. The summed E-state index contributed by atoms with van der Waals surface area (Å²) in [7, 11) is 0. The van der Waals surface area contributed by atoms with E-state index in [1.54, 1.807) is 4.90 Å². The maximum absolute atomic E-state index is 12.1. The molecule has 0 saturated carbocycles. The summed E-state index contributed by atoms with van der Waals surface area (Å²) in [4.78, 5) is 28.9. The Hall–Kier alpha value is -2.10. The molecule has 0 fully saturated rings. The summed E-state index contributed by atoms with van der Waals surface area (Å²) >= 11 is 0. The average Bonchev–Trinajstić information content (AvgIpc) is 2.47. The first-order valence-corrected chi connectivity index (χ1v) is 7.46. The highest BCUT2D eigenvalue weighted by atomic mass is 16.2. The van der Waals surface area contributed by atoms with Crippen LogP contribution in [0.4, 0.5) is 0 Å². The highest BCUT2D eigenvalue weighted by molar-refractivity contribution is 5.82. The SMILES string of the molecule is CCN(CC)C(=O)CCc1cc2cccc(C)c2[nH]c1=O. The van der Waals surface area contributed by atoms with E-state index in [9.17, 15) is 9.59 Å². The van der Waals surface area contributed by atoms with Gasteiger partial charge in [0, 0.05) is 25.1 Å². The molecule has 0 aliphatic heterocycles. The first-order valence-electron chi connectivity index (χ1n) is 7.46. The van der Waals surface area contributed by atoms with E-state index in [2.05, 4.69) is 4.98 Å². The zero-order chi connectivity index (χ0) is 15.4. The lowest BCUT2D eigenvalue weighted by Gasteiger charge is -2.18. The molecule has 2 aromatic rings. The normalized spacial score (nSPS) is 10.8. The highest BCUT2D eigenvalue weighted by Gasteiger charge is 2.11. The monoisotopic (exact) mass is 286 g/mol. The van der Waals surface area contributed by atoms with Crippen molar-refractivity contribution in [1.82, 2.24) is 9.88 Å². The van der Waals surface area contributed by atoms with Crippen LogP contribution in [0.5, 0.6) is 0 Å². The van der Waals surface area contributed by atoms with Crippen LogP contribution in [0, 0.1) is 6.92 Å². The maximum atomic E-state index is 12.1. The summed E-state index contributed by atoms with van der Waals surface area (Å²) in [6, 6.07) is 7.83. The van der Waals surface area contributed by atoms with E-state index < -0.39 is 0 Å². The van der Waals surface area contributed by atoms with Gasteiger partial charge in [0.2, 0.25) is 5.91 Å². The molecule has 0 aliphatic carbocycles. The fraction of sp³-hybridized carbons (Fsp3) is 0.412. The second-order valence-corrected chi connectivity index (χ2v) is 5.23. The van der Waals surface area contributed by atoms with E-state index in [0.717, 1.165) is 16.5 Å². The summed E-state index contributed by atoms with van der Waals surface area (Å²) < 4.78 is 0. The van der Waals surface area contributed by atoms with Crippen LogP contribution < -0.4 is 5.56 Å². The van der Waals surface area contributed by atoms with E-state index in [1.165, 1.54) is 0 Å². The van der Waals surface area contributed by atoms with Crippen molar-refractivity contribution in [3.63, 3.8) is 0 Å². The number of hydrogen-bond donors (Lipinski definition) is 1. The molecule has 4 heteroatoms. The van der Waals surface area contributed by atoms with Gasteiger partial charge in [-0.25, -0.2) is 0 Å². The minimum Gasteiger partial charge on any atom is -0.343 e. The fourth-order valence-electron chi connectivity index (χ4n) is 2.59. The number of amides is 1. The number of rotatable bonds is 5. The molecule has 0 atom stereocenters. The molecule has 1 amide bonds. The third kappa shape index (κ3) is 3.32. The van der Waals surface area contributed by atoms with Crippen molar-refractivity contribution in [1.29, 1.82) is 0 Å². The molecule has 1 heterocycles. The Balaban J connectivity index is 2.21. The third-order valence-electron chi connectivity index (χ3n) is 3.89. The van der Waals surface area contributed by atoms with Gasteiger partial charge in [-0.2, -0.15) is 0 Å². The molecule has 0 radical (unpaired) electrons. The van der Waals surface area contributed by atoms with Crippen molar-refractivity contribution in [3.05, 3.63) is 45.7 Å². The minimum atomic E-state index is -0.0934. The van der Waals surface area contributed by atoms with Crippen molar-refractivity contribution in [3.8, 4) is 0 Å². The first-order chi connectivity index (χ1) is 10.1. The number of fused-ring (bicyclic) bond motifs is 1. The zero-order valence-corrected chi connectivity index (χ0v) is 12.9. The molecule has 2 rings (SSSR count). The van der Waals surface area contributed by atoms with Crippen molar-refractivity contribution in [2.75, 3.05) is 13.1 Å². The summed E-state index contributed by atoms with van der Waals surface area (Å²) in [5.74, 6) is 0.101. The molecule has 112 valence electrons. The topological polar surface area (TPSA) is 53.2 Å². The first kappa shape index (κ1) is 15.3. The summed E-state index contributed by atoms with van der Waals surface area (Å²) in [6.07, 6.45) is 0.858. The van der Waals surface area contributed by atoms with Gasteiger partial charge in [-0.15, -0.1) is 0 Å². The van der Waals surface area contributed by atoms with Crippen LogP contribution in [-0.4, -0.2) is 28.9 Å². The Bertz CT molecular complexity index is 699. The molecule has 0 bridgehead atoms. The van der Waals surface area contributed by atoms with Crippen LogP contribution in [0.15, 0.2) is 29.1 Å². The molecule has 0 aliphatic rings. The van der Waals surface area contributed by atoms with Gasteiger partial charge in [-0.05, 0) is 44.2 Å². The molecular weight excluding hydrogens is 264 g/mol. The lowest BCUT2D eigenvalue weighted by Crippen LogP contribution is -2.31. The molecule has 0 saturated heterocycles. The van der Waals surface area contributed by atoms with Gasteiger partial charge in [0.25, 0.3) is 5.56 Å². The molecule has 4 nitrogen and oxygen atoms in total.